The van der Waals surface area contributed by atoms with Crippen molar-refractivity contribution in [2.45, 2.75) is 50.2 Å². The molecule has 1 aliphatic carbocycles. The first-order valence-corrected chi connectivity index (χ1v) is 7.27. The molecule has 1 spiro atoms. The summed E-state index contributed by atoms with van der Waals surface area (Å²) in [6, 6.07) is 0. The third-order valence-corrected chi connectivity index (χ3v) is 4.59. The van der Waals surface area contributed by atoms with E-state index < -0.39 is 11.6 Å². The molecule has 1 aliphatic heterocycles. The van der Waals surface area contributed by atoms with E-state index in [4.69, 9.17) is 4.74 Å². The summed E-state index contributed by atoms with van der Waals surface area (Å²) in [5.41, 5.74) is -1.30. The van der Waals surface area contributed by atoms with Crippen molar-refractivity contribution in [3.05, 3.63) is 0 Å². The van der Waals surface area contributed by atoms with Gasteiger partial charge in [-0.15, -0.1) is 0 Å². The highest BCUT2D eigenvalue weighted by Crippen LogP contribution is 2.35. The van der Waals surface area contributed by atoms with Gasteiger partial charge < -0.3 is 15.2 Å². The smallest absolute Gasteiger partial charge is 0.338 e. The van der Waals surface area contributed by atoms with E-state index in [2.05, 4.69) is 10.2 Å². The van der Waals surface area contributed by atoms with Gasteiger partial charge in [0.05, 0.1) is 7.11 Å². The number of hydrogen-bond acceptors (Lipinski definition) is 5. The summed E-state index contributed by atoms with van der Waals surface area (Å²) in [7, 11) is 1.32. The van der Waals surface area contributed by atoms with Gasteiger partial charge in [0.1, 0.15) is 0 Å². The fraction of sp³-hybridized carbons (Fsp3) is 0.929. The molecule has 0 radical (unpaired) electrons. The molecule has 0 amide bonds. The van der Waals surface area contributed by atoms with Gasteiger partial charge in [-0.05, 0) is 19.8 Å². The molecule has 0 aromatic rings. The van der Waals surface area contributed by atoms with Gasteiger partial charge in [-0.3, -0.25) is 4.90 Å². The number of carbonyl (C=O) groups excluding carboxylic acids is 1. The van der Waals surface area contributed by atoms with Crippen molar-refractivity contribution in [2.24, 2.45) is 0 Å². The lowest BCUT2D eigenvalue weighted by molar-refractivity contribution is -0.165. The second-order valence-corrected chi connectivity index (χ2v) is 6.15. The normalized spacial score (nSPS) is 26.9. The second-order valence-electron chi connectivity index (χ2n) is 6.15. The number of piperazine rings is 1. The predicted octanol–water partition coefficient (Wildman–Crippen LogP) is 0.518. The molecule has 5 nitrogen and oxygen atoms in total. The van der Waals surface area contributed by atoms with Crippen molar-refractivity contribution < 1.29 is 14.6 Å². The fourth-order valence-electron chi connectivity index (χ4n) is 3.49. The van der Waals surface area contributed by atoms with E-state index in [1.807, 2.05) is 0 Å². The Balaban J connectivity index is 2.09. The zero-order valence-corrected chi connectivity index (χ0v) is 12.1. The number of esters is 1. The molecule has 1 heterocycles. The van der Waals surface area contributed by atoms with Crippen LogP contribution < -0.4 is 5.32 Å². The summed E-state index contributed by atoms with van der Waals surface area (Å²) in [5.74, 6) is -0.544. The third kappa shape index (κ3) is 3.09. The summed E-state index contributed by atoms with van der Waals surface area (Å²) in [4.78, 5) is 14.0. The van der Waals surface area contributed by atoms with Gasteiger partial charge in [-0.25, -0.2) is 4.79 Å². The molecular formula is C14H26N2O3. The molecule has 2 fully saturated rings. The van der Waals surface area contributed by atoms with Crippen molar-refractivity contribution in [2.75, 3.05) is 33.3 Å². The van der Waals surface area contributed by atoms with Crippen LogP contribution in [0.2, 0.25) is 0 Å². The Bertz CT molecular complexity index is 316. The predicted molar refractivity (Wildman–Crippen MR) is 72.9 cm³/mol. The van der Waals surface area contributed by atoms with Gasteiger partial charge in [0, 0.05) is 31.7 Å². The Morgan fingerprint density at radius 1 is 1.42 bits per heavy atom. The molecule has 0 aromatic carbocycles. The Hall–Kier alpha value is -0.650. The van der Waals surface area contributed by atoms with E-state index in [-0.39, 0.29) is 5.54 Å². The molecule has 1 saturated carbocycles. The first-order valence-electron chi connectivity index (χ1n) is 7.27. The molecule has 2 rings (SSSR count). The van der Waals surface area contributed by atoms with E-state index in [1.54, 1.807) is 6.92 Å². The average Bonchev–Trinajstić information content (AvgIpc) is 2.41. The summed E-state index contributed by atoms with van der Waals surface area (Å²) in [5, 5.41) is 13.8. The molecule has 1 saturated heterocycles. The van der Waals surface area contributed by atoms with Crippen LogP contribution in [-0.2, 0) is 9.53 Å². The summed E-state index contributed by atoms with van der Waals surface area (Å²) in [6.07, 6.45) is 6.06. The number of rotatable bonds is 3. The molecule has 1 unspecified atom stereocenters. The first kappa shape index (κ1) is 14.8. The number of ether oxygens (including phenoxy) is 1. The Labute approximate surface area is 115 Å². The van der Waals surface area contributed by atoms with E-state index in [9.17, 15) is 9.90 Å². The van der Waals surface area contributed by atoms with Gasteiger partial charge >= 0.3 is 5.97 Å². The van der Waals surface area contributed by atoms with Crippen LogP contribution in [0.25, 0.3) is 0 Å². The third-order valence-electron chi connectivity index (χ3n) is 4.59. The van der Waals surface area contributed by atoms with Crippen molar-refractivity contribution >= 4 is 5.97 Å². The van der Waals surface area contributed by atoms with Gasteiger partial charge in [-0.1, -0.05) is 19.3 Å². The SMILES string of the molecule is COC(=O)C(C)(O)CN1CCNCC12CCCCC2. The molecule has 110 valence electrons. The number of hydrogen-bond donors (Lipinski definition) is 2. The van der Waals surface area contributed by atoms with Crippen molar-refractivity contribution in [3.8, 4) is 0 Å². The minimum atomic E-state index is -1.42. The summed E-state index contributed by atoms with van der Waals surface area (Å²) in [6.45, 7) is 4.68. The van der Waals surface area contributed by atoms with Crippen molar-refractivity contribution in [3.63, 3.8) is 0 Å². The van der Waals surface area contributed by atoms with Crippen LogP contribution >= 0.6 is 0 Å². The number of aliphatic hydroxyl groups is 1. The highest BCUT2D eigenvalue weighted by atomic mass is 16.5. The highest BCUT2D eigenvalue weighted by Gasteiger charge is 2.44. The molecule has 5 heteroatoms. The Morgan fingerprint density at radius 2 is 2.11 bits per heavy atom. The van der Waals surface area contributed by atoms with Crippen molar-refractivity contribution in [1.29, 1.82) is 0 Å². The van der Waals surface area contributed by atoms with E-state index >= 15 is 0 Å². The minimum Gasteiger partial charge on any atom is -0.467 e. The number of nitrogens with one attached hydrogen (secondary N) is 1. The molecule has 0 aromatic heterocycles. The lowest BCUT2D eigenvalue weighted by Crippen LogP contribution is -2.65. The molecule has 19 heavy (non-hydrogen) atoms. The first-order chi connectivity index (χ1) is 9.00. The van der Waals surface area contributed by atoms with Gasteiger partial charge in [0.25, 0.3) is 0 Å². The lowest BCUT2D eigenvalue weighted by atomic mass is 9.78. The highest BCUT2D eigenvalue weighted by molar-refractivity contribution is 5.78. The maximum atomic E-state index is 11.7. The van der Waals surface area contributed by atoms with Gasteiger partial charge in [0.2, 0.25) is 0 Å². The quantitative estimate of drug-likeness (QED) is 0.732. The average molecular weight is 270 g/mol. The van der Waals surface area contributed by atoms with Crippen molar-refractivity contribution in [1.82, 2.24) is 10.2 Å². The number of nitrogens with zero attached hydrogens (tertiary/aromatic N) is 1. The Morgan fingerprint density at radius 3 is 2.74 bits per heavy atom. The van der Waals surface area contributed by atoms with Gasteiger partial charge in [0.15, 0.2) is 5.60 Å². The minimum absolute atomic E-state index is 0.120. The van der Waals surface area contributed by atoms with Crippen LogP contribution in [-0.4, -0.2) is 60.4 Å². The van der Waals surface area contributed by atoms with Crippen LogP contribution in [0.15, 0.2) is 0 Å². The van der Waals surface area contributed by atoms with E-state index in [1.165, 1.54) is 26.4 Å². The van der Waals surface area contributed by atoms with Crippen LogP contribution in [0.1, 0.15) is 39.0 Å². The number of β-amino-alcohol motifs (C(OH)–C–C–N with tert-alkyl or cyclic N) is 1. The van der Waals surface area contributed by atoms with E-state index in [0.717, 1.165) is 32.5 Å². The molecule has 1 atom stereocenters. The summed E-state index contributed by atoms with van der Waals surface area (Å²) < 4.78 is 4.70. The molecule has 2 aliphatic rings. The zero-order chi connectivity index (χ0) is 13.9. The molecular weight excluding hydrogens is 244 g/mol. The Kier molecular flexibility index (Phi) is 4.48. The fourth-order valence-corrected chi connectivity index (χ4v) is 3.49. The van der Waals surface area contributed by atoms with Crippen LogP contribution in [0.5, 0.6) is 0 Å². The van der Waals surface area contributed by atoms with Crippen LogP contribution in [0.3, 0.4) is 0 Å². The number of methoxy groups -OCH3 is 1. The maximum Gasteiger partial charge on any atom is 0.338 e. The second kappa shape index (κ2) is 5.77. The van der Waals surface area contributed by atoms with Gasteiger partial charge in [-0.2, -0.15) is 0 Å². The largest absolute Gasteiger partial charge is 0.467 e. The molecule has 0 bridgehead atoms. The standard InChI is InChI=1S/C14H26N2O3/c1-13(18,12(17)19-2)11-16-9-8-15-10-14(16)6-4-3-5-7-14/h15,18H,3-11H2,1-2H3. The maximum absolute atomic E-state index is 11.7. The summed E-state index contributed by atoms with van der Waals surface area (Å²) >= 11 is 0. The van der Waals surface area contributed by atoms with Crippen LogP contribution in [0, 0.1) is 0 Å². The number of carbonyl (C=O) groups is 1. The zero-order valence-electron chi connectivity index (χ0n) is 12.1. The lowest BCUT2D eigenvalue weighted by Gasteiger charge is -2.51. The topological polar surface area (TPSA) is 61.8 Å². The monoisotopic (exact) mass is 270 g/mol. The molecule has 2 N–H and O–H groups in total. The van der Waals surface area contributed by atoms with E-state index in [0.29, 0.717) is 6.54 Å². The van der Waals surface area contributed by atoms with Crippen LogP contribution in [0.4, 0.5) is 0 Å².